The SMILES string of the molecule is Cc1ccc2c(N[C@H](C)c3ccc(NC(=O)c4ccc(F)cc4)cc3)nc(N(C)C)nc2c1. The molecule has 0 aliphatic heterocycles. The van der Waals surface area contributed by atoms with Crippen molar-refractivity contribution in [3.63, 3.8) is 0 Å². The van der Waals surface area contributed by atoms with Gasteiger partial charge in [-0.2, -0.15) is 4.98 Å². The first-order valence-electron chi connectivity index (χ1n) is 10.7. The van der Waals surface area contributed by atoms with Crippen molar-refractivity contribution >= 4 is 34.3 Å². The molecule has 4 aromatic rings. The van der Waals surface area contributed by atoms with E-state index >= 15 is 0 Å². The summed E-state index contributed by atoms with van der Waals surface area (Å²) in [5.41, 5.74) is 4.14. The molecule has 0 spiro atoms. The van der Waals surface area contributed by atoms with E-state index in [4.69, 9.17) is 4.98 Å². The highest BCUT2D eigenvalue weighted by Crippen LogP contribution is 2.28. The molecule has 0 saturated heterocycles. The van der Waals surface area contributed by atoms with E-state index in [0.717, 1.165) is 27.8 Å². The van der Waals surface area contributed by atoms with Crippen LogP contribution in [0.15, 0.2) is 66.7 Å². The van der Waals surface area contributed by atoms with Crippen molar-refractivity contribution < 1.29 is 9.18 Å². The molecule has 7 heteroatoms. The van der Waals surface area contributed by atoms with Crippen LogP contribution in [0.1, 0.15) is 34.5 Å². The minimum Gasteiger partial charge on any atom is -0.363 e. The third-order valence-electron chi connectivity index (χ3n) is 5.37. The number of halogens is 1. The van der Waals surface area contributed by atoms with Crippen LogP contribution in [0.25, 0.3) is 10.9 Å². The predicted octanol–water partition coefficient (Wildman–Crippen LogP) is 5.57. The maximum atomic E-state index is 13.1. The molecule has 0 unspecified atom stereocenters. The van der Waals surface area contributed by atoms with E-state index in [1.54, 1.807) is 0 Å². The monoisotopic (exact) mass is 443 g/mol. The average Bonchev–Trinajstić information content (AvgIpc) is 2.79. The number of carbonyl (C=O) groups is 1. The Morgan fingerprint density at radius 3 is 2.33 bits per heavy atom. The molecule has 0 radical (unpaired) electrons. The first kappa shape index (κ1) is 22.2. The van der Waals surface area contributed by atoms with Gasteiger partial charge in [0.15, 0.2) is 0 Å². The van der Waals surface area contributed by atoms with Crippen LogP contribution in [-0.4, -0.2) is 30.0 Å². The van der Waals surface area contributed by atoms with Crippen LogP contribution in [0.2, 0.25) is 0 Å². The normalized spacial score (nSPS) is 11.8. The number of aromatic nitrogens is 2. The number of amides is 1. The number of fused-ring (bicyclic) bond motifs is 1. The molecule has 33 heavy (non-hydrogen) atoms. The van der Waals surface area contributed by atoms with Gasteiger partial charge in [-0.15, -0.1) is 0 Å². The van der Waals surface area contributed by atoms with Crippen molar-refractivity contribution in [2.45, 2.75) is 19.9 Å². The maximum absolute atomic E-state index is 13.1. The molecule has 0 aliphatic carbocycles. The highest BCUT2D eigenvalue weighted by Gasteiger charge is 2.13. The van der Waals surface area contributed by atoms with Crippen molar-refractivity contribution in [2.75, 3.05) is 29.6 Å². The van der Waals surface area contributed by atoms with Gasteiger partial charge in [-0.3, -0.25) is 4.79 Å². The van der Waals surface area contributed by atoms with Crippen LogP contribution in [0, 0.1) is 12.7 Å². The number of benzene rings is 3. The lowest BCUT2D eigenvalue weighted by Crippen LogP contribution is -2.15. The summed E-state index contributed by atoms with van der Waals surface area (Å²) in [7, 11) is 3.84. The van der Waals surface area contributed by atoms with Crippen molar-refractivity contribution in [3.8, 4) is 0 Å². The highest BCUT2D eigenvalue weighted by atomic mass is 19.1. The van der Waals surface area contributed by atoms with Gasteiger partial charge >= 0.3 is 0 Å². The van der Waals surface area contributed by atoms with Gasteiger partial charge in [0, 0.05) is 36.8 Å². The number of hydrogen-bond acceptors (Lipinski definition) is 5. The van der Waals surface area contributed by atoms with Gasteiger partial charge in [-0.05, 0) is 73.5 Å². The third-order valence-corrected chi connectivity index (χ3v) is 5.37. The molecule has 0 saturated carbocycles. The van der Waals surface area contributed by atoms with E-state index in [1.165, 1.54) is 24.3 Å². The minimum atomic E-state index is -0.373. The average molecular weight is 444 g/mol. The van der Waals surface area contributed by atoms with Gasteiger partial charge in [0.25, 0.3) is 5.91 Å². The van der Waals surface area contributed by atoms with E-state index in [-0.39, 0.29) is 17.8 Å². The molecule has 1 aromatic heterocycles. The lowest BCUT2D eigenvalue weighted by molar-refractivity contribution is 0.102. The second kappa shape index (κ2) is 9.24. The van der Waals surface area contributed by atoms with E-state index < -0.39 is 0 Å². The van der Waals surface area contributed by atoms with Gasteiger partial charge in [-0.25, -0.2) is 9.37 Å². The fourth-order valence-corrected chi connectivity index (χ4v) is 3.49. The van der Waals surface area contributed by atoms with Crippen molar-refractivity contribution in [2.24, 2.45) is 0 Å². The summed E-state index contributed by atoms with van der Waals surface area (Å²) >= 11 is 0. The molecule has 1 amide bonds. The zero-order chi connectivity index (χ0) is 23.5. The van der Waals surface area contributed by atoms with Crippen LogP contribution in [0.4, 0.5) is 21.8 Å². The topological polar surface area (TPSA) is 70.2 Å². The number of rotatable bonds is 6. The summed E-state index contributed by atoms with van der Waals surface area (Å²) in [6.07, 6.45) is 0. The highest BCUT2D eigenvalue weighted by molar-refractivity contribution is 6.04. The van der Waals surface area contributed by atoms with Crippen LogP contribution in [0.3, 0.4) is 0 Å². The van der Waals surface area contributed by atoms with E-state index in [2.05, 4.69) is 34.7 Å². The molecule has 1 atom stereocenters. The molecular formula is C26H26FN5O. The Bertz CT molecular complexity index is 1290. The minimum absolute atomic E-state index is 0.0266. The van der Waals surface area contributed by atoms with Crippen LogP contribution in [-0.2, 0) is 0 Å². The summed E-state index contributed by atoms with van der Waals surface area (Å²) in [5, 5.41) is 7.30. The second-order valence-electron chi connectivity index (χ2n) is 8.24. The largest absolute Gasteiger partial charge is 0.363 e. The number of nitrogens with one attached hydrogen (secondary N) is 2. The van der Waals surface area contributed by atoms with Crippen LogP contribution in [0.5, 0.6) is 0 Å². The lowest BCUT2D eigenvalue weighted by Gasteiger charge is -2.19. The maximum Gasteiger partial charge on any atom is 0.255 e. The lowest BCUT2D eigenvalue weighted by atomic mass is 10.1. The number of nitrogens with zero attached hydrogens (tertiary/aromatic N) is 3. The first-order chi connectivity index (χ1) is 15.8. The quantitative estimate of drug-likeness (QED) is 0.408. The fourth-order valence-electron chi connectivity index (χ4n) is 3.49. The molecule has 0 bridgehead atoms. The standard InChI is InChI=1S/C26H26FN5O/c1-16-5-14-22-23(15-16)30-26(32(3)4)31-24(22)28-17(2)18-8-12-21(13-9-18)29-25(33)19-6-10-20(27)11-7-19/h5-15,17H,1-4H3,(H,29,33)(H,28,30,31)/t17-/m1/s1. The van der Waals surface area contributed by atoms with E-state index in [1.807, 2.05) is 56.3 Å². The van der Waals surface area contributed by atoms with Gasteiger partial charge in [0.2, 0.25) is 5.95 Å². The Morgan fingerprint density at radius 1 is 0.970 bits per heavy atom. The number of anilines is 3. The number of aryl methyl sites for hydroxylation is 1. The second-order valence-corrected chi connectivity index (χ2v) is 8.24. The number of carbonyl (C=O) groups excluding carboxylic acids is 1. The number of hydrogen-bond donors (Lipinski definition) is 2. The van der Waals surface area contributed by atoms with Crippen molar-refractivity contribution in [3.05, 3.63) is 89.2 Å². The first-order valence-corrected chi connectivity index (χ1v) is 10.7. The zero-order valence-corrected chi connectivity index (χ0v) is 19.1. The summed E-state index contributed by atoms with van der Waals surface area (Å²) in [6.45, 7) is 4.10. The van der Waals surface area contributed by atoms with Gasteiger partial charge in [0.1, 0.15) is 11.6 Å². The molecule has 3 aromatic carbocycles. The Balaban J connectivity index is 1.52. The smallest absolute Gasteiger partial charge is 0.255 e. The van der Waals surface area contributed by atoms with Gasteiger partial charge < -0.3 is 15.5 Å². The molecule has 168 valence electrons. The molecular weight excluding hydrogens is 417 g/mol. The Hall–Kier alpha value is -4.00. The molecule has 1 heterocycles. The fraction of sp³-hybridized carbons (Fsp3) is 0.192. The van der Waals surface area contributed by atoms with E-state index in [9.17, 15) is 9.18 Å². The molecule has 6 nitrogen and oxygen atoms in total. The summed E-state index contributed by atoms with van der Waals surface area (Å²) in [6, 6.07) is 19.2. The Morgan fingerprint density at radius 2 is 1.67 bits per heavy atom. The summed E-state index contributed by atoms with van der Waals surface area (Å²) < 4.78 is 13.1. The van der Waals surface area contributed by atoms with Crippen LogP contribution < -0.4 is 15.5 Å². The van der Waals surface area contributed by atoms with E-state index in [0.29, 0.717) is 17.2 Å². The van der Waals surface area contributed by atoms with Gasteiger partial charge in [-0.1, -0.05) is 18.2 Å². The molecule has 4 rings (SSSR count). The Kier molecular flexibility index (Phi) is 6.22. The Labute approximate surface area is 192 Å². The van der Waals surface area contributed by atoms with Crippen molar-refractivity contribution in [1.82, 2.24) is 9.97 Å². The summed E-state index contributed by atoms with van der Waals surface area (Å²) in [5.74, 6) is 0.751. The van der Waals surface area contributed by atoms with Gasteiger partial charge in [0.05, 0.1) is 5.52 Å². The summed E-state index contributed by atoms with van der Waals surface area (Å²) in [4.78, 5) is 23.6. The third kappa shape index (κ3) is 5.09. The van der Waals surface area contributed by atoms with Crippen molar-refractivity contribution in [1.29, 1.82) is 0 Å². The molecule has 0 fully saturated rings. The predicted molar refractivity (Wildman–Crippen MR) is 131 cm³/mol. The molecule has 2 N–H and O–H groups in total. The van der Waals surface area contributed by atoms with Crippen LogP contribution >= 0.6 is 0 Å². The molecule has 0 aliphatic rings. The zero-order valence-electron chi connectivity index (χ0n) is 19.1.